The number of aryl methyl sites for hydroxylation is 1. The van der Waals surface area contributed by atoms with Gasteiger partial charge in [-0.3, -0.25) is 4.79 Å². The van der Waals surface area contributed by atoms with Crippen LogP contribution >= 0.6 is 11.6 Å². The van der Waals surface area contributed by atoms with Crippen LogP contribution in [0.25, 0.3) is 22.3 Å². The van der Waals surface area contributed by atoms with E-state index in [0.717, 1.165) is 0 Å². The van der Waals surface area contributed by atoms with E-state index >= 15 is 0 Å². The smallest absolute Gasteiger partial charge is 0.264 e. The number of hydrogen-bond donors (Lipinski definition) is 1. The van der Waals surface area contributed by atoms with Crippen LogP contribution in [0.4, 0.5) is 14.6 Å². The lowest BCUT2D eigenvalue weighted by Crippen LogP contribution is -2.20. The van der Waals surface area contributed by atoms with E-state index in [9.17, 15) is 13.6 Å². The zero-order chi connectivity index (χ0) is 21.3. The number of aromatic nitrogens is 4. The molecule has 0 unspecified atom stereocenters. The summed E-state index contributed by atoms with van der Waals surface area (Å²) in [5.74, 6) is -0.0940. The average molecular weight is 428 g/mol. The molecule has 1 aromatic carbocycles. The molecule has 1 amide bonds. The highest BCUT2D eigenvalue weighted by atomic mass is 35.5. The minimum Gasteiger partial charge on any atom is -0.309 e. The van der Waals surface area contributed by atoms with E-state index in [0.29, 0.717) is 27.8 Å². The van der Waals surface area contributed by atoms with Gasteiger partial charge in [0.15, 0.2) is 5.65 Å². The number of fused-ring (bicyclic) bond motifs is 1. The largest absolute Gasteiger partial charge is 0.309 e. The third-order valence-electron chi connectivity index (χ3n) is 4.50. The standard InChI is InChI=1S/C21H16ClF2N5O/c1-12-19-15(20(23)24)9-16(13-5-3-2-4-6-13)26-21(19)29(28-12)11-18(30)27-17-8-7-14(22)10-25-17/h2-10,20H,11H2,1H3,(H,25,27,30). The predicted molar refractivity (Wildman–Crippen MR) is 111 cm³/mol. The molecule has 0 aliphatic rings. The van der Waals surface area contributed by atoms with Crippen LogP contribution in [0.5, 0.6) is 0 Å². The summed E-state index contributed by atoms with van der Waals surface area (Å²) in [5.41, 5.74) is 1.52. The summed E-state index contributed by atoms with van der Waals surface area (Å²) in [6.07, 6.45) is -1.30. The molecule has 0 bridgehead atoms. The molecule has 6 nitrogen and oxygen atoms in total. The normalized spacial score (nSPS) is 11.2. The highest BCUT2D eigenvalue weighted by Crippen LogP contribution is 2.33. The SMILES string of the molecule is Cc1nn(CC(=O)Nc2ccc(Cl)cn2)c2nc(-c3ccccc3)cc(C(F)F)c12. The maximum absolute atomic E-state index is 13.8. The second-order valence-corrected chi connectivity index (χ2v) is 7.05. The van der Waals surface area contributed by atoms with Crippen molar-refractivity contribution in [3.8, 4) is 11.3 Å². The van der Waals surface area contributed by atoms with E-state index in [1.54, 1.807) is 43.3 Å². The molecule has 1 N–H and O–H groups in total. The molecule has 0 radical (unpaired) electrons. The molecule has 3 heterocycles. The Morgan fingerprint density at radius 3 is 2.63 bits per heavy atom. The van der Waals surface area contributed by atoms with Gasteiger partial charge in [0.25, 0.3) is 6.43 Å². The fraction of sp³-hybridized carbons (Fsp3) is 0.143. The highest BCUT2D eigenvalue weighted by molar-refractivity contribution is 6.30. The van der Waals surface area contributed by atoms with Crippen molar-refractivity contribution in [1.29, 1.82) is 0 Å². The summed E-state index contributed by atoms with van der Waals surface area (Å²) in [5, 5.41) is 7.61. The maximum Gasteiger partial charge on any atom is 0.264 e. The van der Waals surface area contributed by atoms with E-state index in [1.807, 2.05) is 6.07 Å². The van der Waals surface area contributed by atoms with Crippen LogP contribution in [-0.2, 0) is 11.3 Å². The number of anilines is 1. The molecule has 9 heteroatoms. The number of nitrogens with one attached hydrogen (secondary N) is 1. The summed E-state index contributed by atoms with van der Waals surface area (Å²) in [6.45, 7) is 1.41. The Kier molecular flexibility index (Phi) is 5.41. The van der Waals surface area contributed by atoms with Gasteiger partial charge in [-0.05, 0) is 25.1 Å². The van der Waals surface area contributed by atoms with Crippen LogP contribution in [0, 0.1) is 6.92 Å². The molecule has 30 heavy (non-hydrogen) atoms. The van der Waals surface area contributed by atoms with E-state index in [4.69, 9.17) is 11.6 Å². The van der Waals surface area contributed by atoms with Crippen molar-refractivity contribution in [1.82, 2.24) is 19.7 Å². The first-order chi connectivity index (χ1) is 14.4. The predicted octanol–water partition coefficient (Wildman–Crippen LogP) is 5.03. The number of benzene rings is 1. The molecule has 0 saturated heterocycles. The lowest BCUT2D eigenvalue weighted by Gasteiger charge is -2.09. The van der Waals surface area contributed by atoms with Crippen LogP contribution in [-0.4, -0.2) is 25.7 Å². The lowest BCUT2D eigenvalue weighted by molar-refractivity contribution is -0.116. The average Bonchev–Trinajstić information content (AvgIpc) is 3.05. The summed E-state index contributed by atoms with van der Waals surface area (Å²) in [6, 6.07) is 13.6. The van der Waals surface area contributed by atoms with Crippen LogP contribution in [0.3, 0.4) is 0 Å². The molecule has 4 rings (SSSR count). The molecule has 0 atom stereocenters. The monoisotopic (exact) mass is 427 g/mol. The van der Waals surface area contributed by atoms with Crippen LogP contribution < -0.4 is 5.32 Å². The van der Waals surface area contributed by atoms with Crippen molar-refractivity contribution in [2.45, 2.75) is 19.9 Å². The molecule has 152 valence electrons. The van der Waals surface area contributed by atoms with E-state index < -0.39 is 12.3 Å². The molecular weight excluding hydrogens is 412 g/mol. The van der Waals surface area contributed by atoms with Crippen LogP contribution in [0.2, 0.25) is 5.02 Å². The Labute approximate surface area is 175 Å². The number of carbonyl (C=O) groups is 1. The van der Waals surface area contributed by atoms with Crippen LogP contribution in [0.15, 0.2) is 54.7 Å². The Bertz CT molecular complexity index is 1210. The van der Waals surface area contributed by atoms with Gasteiger partial charge in [0, 0.05) is 17.3 Å². The second-order valence-electron chi connectivity index (χ2n) is 6.61. The van der Waals surface area contributed by atoms with E-state index in [1.165, 1.54) is 16.9 Å². The van der Waals surface area contributed by atoms with Crippen molar-refractivity contribution >= 4 is 34.4 Å². The number of pyridine rings is 2. The molecule has 0 spiro atoms. The van der Waals surface area contributed by atoms with Gasteiger partial charge in [0.2, 0.25) is 5.91 Å². The minimum absolute atomic E-state index is 0.164. The summed E-state index contributed by atoms with van der Waals surface area (Å²) in [7, 11) is 0. The third-order valence-corrected chi connectivity index (χ3v) is 4.72. The molecule has 0 aliphatic carbocycles. The first-order valence-electron chi connectivity index (χ1n) is 9.05. The van der Waals surface area contributed by atoms with Crippen molar-refractivity contribution in [2.75, 3.05) is 5.32 Å². The van der Waals surface area contributed by atoms with Gasteiger partial charge in [0.05, 0.1) is 21.8 Å². The van der Waals surface area contributed by atoms with Gasteiger partial charge < -0.3 is 5.32 Å². The third kappa shape index (κ3) is 3.99. The first kappa shape index (κ1) is 19.9. The zero-order valence-corrected chi connectivity index (χ0v) is 16.6. The number of rotatable bonds is 5. The molecular formula is C21H16ClF2N5O. The molecule has 3 aromatic heterocycles. The number of nitrogens with zero attached hydrogens (tertiary/aromatic N) is 4. The van der Waals surface area contributed by atoms with Crippen LogP contribution in [0.1, 0.15) is 17.7 Å². The van der Waals surface area contributed by atoms with Gasteiger partial charge in [0.1, 0.15) is 12.4 Å². The van der Waals surface area contributed by atoms with Gasteiger partial charge in [-0.2, -0.15) is 5.10 Å². The van der Waals surface area contributed by atoms with Gasteiger partial charge >= 0.3 is 0 Å². The summed E-state index contributed by atoms with van der Waals surface area (Å²) in [4.78, 5) is 21.0. The van der Waals surface area contributed by atoms with Gasteiger partial charge in [-0.15, -0.1) is 0 Å². The minimum atomic E-state index is -2.71. The Morgan fingerprint density at radius 2 is 1.97 bits per heavy atom. The fourth-order valence-electron chi connectivity index (χ4n) is 3.19. The second kappa shape index (κ2) is 8.16. The molecule has 0 saturated carbocycles. The maximum atomic E-state index is 13.8. The van der Waals surface area contributed by atoms with Gasteiger partial charge in [-0.1, -0.05) is 41.9 Å². The molecule has 0 fully saturated rings. The number of carbonyl (C=O) groups excluding carboxylic acids is 1. The number of amides is 1. The topological polar surface area (TPSA) is 72.7 Å². The Hall–Kier alpha value is -3.39. The zero-order valence-electron chi connectivity index (χ0n) is 15.8. The molecule has 0 aliphatic heterocycles. The summed E-state index contributed by atoms with van der Waals surface area (Å²) >= 11 is 5.79. The highest BCUT2D eigenvalue weighted by Gasteiger charge is 2.22. The van der Waals surface area contributed by atoms with E-state index in [2.05, 4.69) is 20.4 Å². The quantitative estimate of drug-likeness (QED) is 0.484. The first-order valence-corrected chi connectivity index (χ1v) is 9.43. The van der Waals surface area contributed by atoms with Crippen molar-refractivity contribution in [3.05, 3.63) is 71.0 Å². The number of halogens is 3. The lowest BCUT2D eigenvalue weighted by atomic mass is 10.1. The van der Waals surface area contributed by atoms with E-state index in [-0.39, 0.29) is 23.1 Å². The van der Waals surface area contributed by atoms with Crippen molar-refractivity contribution in [2.24, 2.45) is 0 Å². The number of alkyl halides is 2. The van der Waals surface area contributed by atoms with Crippen molar-refractivity contribution < 1.29 is 13.6 Å². The van der Waals surface area contributed by atoms with Crippen molar-refractivity contribution in [3.63, 3.8) is 0 Å². The Balaban J connectivity index is 1.73. The molecule has 4 aromatic rings. The number of hydrogen-bond acceptors (Lipinski definition) is 4. The fourth-order valence-corrected chi connectivity index (χ4v) is 3.31. The summed E-state index contributed by atoms with van der Waals surface area (Å²) < 4.78 is 28.9. The Morgan fingerprint density at radius 1 is 1.20 bits per heavy atom. The van der Waals surface area contributed by atoms with Gasteiger partial charge in [-0.25, -0.2) is 23.4 Å².